The summed E-state index contributed by atoms with van der Waals surface area (Å²) < 4.78 is 2.66. The van der Waals surface area contributed by atoms with Crippen LogP contribution in [0.1, 0.15) is 72.1 Å². The van der Waals surface area contributed by atoms with Crippen LogP contribution in [0.2, 0.25) is 0 Å². The molecule has 0 aliphatic carbocycles. The maximum atomic E-state index is 2.43. The van der Waals surface area contributed by atoms with E-state index in [1.807, 2.05) is 0 Å². The van der Waals surface area contributed by atoms with Gasteiger partial charge in [-0.3, -0.25) is 0 Å². The number of likely N-dealkylation sites (tertiary alicyclic amines) is 2. The zero-order valence-electron chi connectivity index (χ0n) is 15.7. The summed E-state index contributed by atoms with van der Waals surface area (Å²) in [6, 6.07) is 0.820. The molecule has 2 aliphatic rings. The van der Waals surface area contributed by atoms with Gasteiger partial charge in [0.15, 0.2) is 0 Å². The minimum absolute atomic E-state index is 0.820. The quantitative estimate of drug-likeness (QED) is 0.673. The van der Waals surface area contributed by atoms with E-state index in [1.165, 1.54) is 93.1 Å². The Bertz CT molecular complexity index is 261. The Kier molecular flexibility index (Phi) is 8.26. The van der Waals surface area contributed by atoms with E-state index in [0.29, 0.717) is 0 Å². The number of hydrogen-bond acceptors (Lipinski definition) is 0. The fraction of sp³-hybridized carbons (Fsp3) is 1.00. The summed E-state index contributed by atoms with van der Waals surface area (Å²) in [6.45, 7) is 14.0. The monoisotopic (exact) mass is 298 g/mol. The fourth-order valence-electron chi connectivity index (χ4n) is 3.79. The van der Waals surface area contributed by atoms with Crippen LogP contribution in [0.3, 0.4) is 0 Å². The lowest BCUT2D eigenvalue weighted by Crippen LogP contribution is -2.52. The molecule has 0 atom stereocenters. The van der Waals surface area contributed by atoms with Gasteiger partial charge in [0.05, 0.1) is 52.9 Å². The smallest absolute Gasteiger partial charge is 0.0831 e. The first-order valence-corrected chi connectivity index (χ1v) is 9.60. The van der Waals surface area contributed by atoms with Crippen molar-refractivity contribution in [2.75, 3.05) is 46.8 Å². The third-order valence-corrected chi connectivity index (χ3v) is 6.03. The Morgan fingerprint density at radius 1 is 0.762 bits per heavy atom. The average Bonchev–Trinajstić information content (AvgIpc) is 2.47. The van der Waals surface area contributed by atoms with Crippen LogP contribution in [0.4, 0.5) is 0 Å². The molecule has 0 unspecified atom stereocenters. The van der Waals surface area contributed by atoms with Crippen molar-refractivity contribution in [3.05, 3.63) is 0 Å². The van der Waals surface area contributed by atoms with Crippen molar-refractivity contribution in [2.45, 2.75) is 78.2 Å². The molecule has 0 bridgehead atoms. The minimum atomic E-state index is 0.820. The lowest BCUT2D eigenvalue weighted by Gasteiger charge is -2.41. The van der Waals surface area contributed by atoms with Crippen LogP contribution in [0.15, 0.2) is 0 Å². The van der Waals surface area contributed by atoms with Gasteiger partial charge in [0.1, 0.15) is 0 Å². The molecule has 0 aromatic carbocycles. The van der Waals surface area contributed by atoms with Crippen molar-refractivity contribution in [3.8, 4) is 0 Å². The van der Waals surface area contributed by atoms with Crippen LogP contribution in [0.5, 0.6) is 0 Å². The molecular weight excluding hydrogens is 256 g/mol. The molecular formula is C19H42N2+2. The molecule has 2 fully saturated rings. The molecule has 126 valence electrons. The normalized spacial score (nSPS) is 24.3. The van der Waals surface area contributed by atoms with Crippen LogP contribution in [0.25, 0.3) is 0 Å². The summed E-state index contributed by atoms with van der Waals surface area (Å²) in [5.74, 6) is 0. The molecule has 0 aromatic heterocycles. The number of rotatable bonds is 4. The van der Waals surface area contributed by atoms with E-state index in [4.69, 9.17) is 0 Å². The first kappa shape index (κ1) is 19.0. The molecule has 0 N–H and O–H groups in total. The van der Waals surface area contributed by atoms with Gasteiger partial charge in [0, 0.05) is 0 Å². The predicted octanol–water partition coefficient (Wildman–Crippen LogP) is 4.44. The van der Waals surface area contributed by atoms with Crippen LogP contribution in [-0.2, 0) is 0 Å². The average molecular weight is 299 g/mol. The molecule has 0 amide bonds. The van der Waals surface area contributed by atoms with E-state index in [0.717, 1.165) is 6.04 Å². The molecule has 2 saturated heterocycles. The van der Waals surface area contributed by atoms with Gasteiger partial charge in [-0.25, -0.2) is 0 Å². The first-order valence-electron chi connectivity index (χ1n) is 9.60. The molecule has 0 saturated carbocycles. The lowest BCUT2D eigenvalue weighted by atomic mass is 10.1. The largest absolute Gasteiger partial charge is 0.326 e. The zero-order chi connectivity index (χ0) is 15.8. The van der Waals surface area contributed by atoms with Gasteiger partial charge in [0.2, 0.25) is 0 Å². The van der Waals surface area contributed by atoms with Crippen molar-refractivity contribution in [1.29, 1.82) is 0 Å². The Hall–Kier alpha value is -0.0800. The van der Waals surface area contributed by atoms with Crippen molar-refractivity contribution >= 4 is 0 Å². The predicted molar refractivity (Wildman–Crippen MR) is 94.4 cm³/mol. The van der Waals surface area contributed by atoms with Crippen LogP contribution in [-0.4, -0.2) is 61.8 Å². The Labute approximate surface area is 134 Å². The zero-order valence-corrected chi connectivity index (χ0v) is 15.7. The van der Waals surface area contributed by atoms with Gasteiger partial charge in [-0.2, -0.15) is 0 Å². The maximum absolute atomic E-state index is 2.43. The van der Waals surface area contributed by atoms with Gasteiger partial charge < -0.3 is 8.97 Å². The molecule has 21 heavy (non-hydrogen) atoms. The highest BCUT2D eigenvalue weighted by molar-refractivity contribution is 4.54. The van der Waals surface area contributed by atoms with Crippen molar-refractivity contribution in [2.24, 2.45) is 0 Å². The standard InChI is InChI=1S/C10H22N.C9H20N/c1-3-4-8-11(2)9-6-5-7-10-11;1-9(2)10(3)7-5-4-6-8-10/h3-10H2,1-2H3;9H,4-8H2,1-3H3/q2*+1. The molecule has 0 radical (unpaired) electrons. The van der Waals surface area contributed by atoms with Gasteiger partial charge >= 0.3 is 0 Å². The molecule has 2 aliphatic heterocycles. The second-order valence-electron chi connectivity index (χ2n) is 8.29. The first-order chi connectivity index (χ1) is 9.92. The Morgan fingerprint density at radius 3 is 1.62 bits per heavy atom. The summed E-state index contributed by atoms with van der Waals surface area (Å²) in [4.78, 5) is 0. The molecule has 0 spiro atoms. The fourth-order valence-corrected chi connectivity index (χ4v) is 3.79. The van der Waals surface area contributed by atoms with E-state index in [1.54, 1.807) is 0 Å². The summed E-state index contributed by atoms with van der Waals surface area (Å²) in [7, 11) is 4.82. The number of quaternary nitrogens is 2. The summed E-state index contributed by atoms with van der Waals surface area (Å²) in [5, 5.41) is 0. The second-order valence-corrected chi connectivity index (χ2v) is 8.29. The maximum Gasteiger partial charge on any atom is 0.0831 e. The van der Waals surface area contributed by atoms with Crippen LogP contribution in [0, 0.1) is 0 Å². The molecule has 2 rings (SSSR count). The molecule has 0 aromatic rings. The van der Waals surface area contributed by atoms with Gasteiger partial charge in [-0.15, -0.1) is 0 Å². The van der Waals surface area contributed by atoms with E-state index in [2.05, 4.69) is 34.9 Å². The highest BCUT2D eigenvalue weighted by Crippen LogP contribution is 2.19. The van der Waals surface area contributed by atoms with E-state index in [-0.39, 0.29) is 0 Å². The van der Waals surface area contributed by atoms with E-state index >= 15 is 0 Å². The highest BCUT2D eigenvalue weighted by Gasteiger charge is 2.27. The number of hydrogen-bond donors (Lipinski definition) is 0. The lowest BCUT2D eigenvalue weighted by molar-refractivity contribution is -0.933. The number of unbranched alkanes of at least 4 members (excludes halogenated alkanes) is 1. The Morgan fingerprint density at radius 2 is 1.24 bits per heavy atom. The highest BCUT2D eigenvalue weighted by atomic mass is 15.3. The van der Waals surface area contributed by atoms with E-state index in [9.17, 15) is 0 Å². The Balaban J connectivity index is 0.000000211. The summed E-state index contributed by atoms with van der Waals surface area (Å²) >= 11 is 0. The molecule has 2 heteroatoms. The number of piperidine rings is 2. The molecule has 2 heterocycles. The summed E-state index contributed by atoms with van der Waals surface area (Å²) in [5.41, 5.74) is 0. The number of nitrogens with zero attached hydrogens (tertiary/aromatic N) is 2. The van der Waals surface area contributed by atoms with E-state index < -0.39 is 0 Å². The minimum Gasteiger partial charge on any atom is -0.326 e. The van der Waals surface area contributed by atoms with Crippen molar-refractivity contribution in [3.63, 3.8) is 0 Å². The van der Waals surface area contributed by atoms with Gasteiger partial charge in [-0.1, -0.05) is 13.3 Å². The second kappa shape index (κ2) is 9.15. The molecule has 2 nitrogen and oxygen atoms in total. The third-order valence-electron chi connectivity index (χ3n) is 6.03. The van der Waals surface area contributed by atoms with Gasteiger partial charge in [0.25, 0.3) is 0 Å². The van der Waals surface area contributed by atoms with Crippen LogP contribution < -0.4 is 0 Å². The van der Waals surface area contributed by atoms with Crippen LogP contribution >= 0.6 is 0 Å². The van der Waals surface area contributed by atoms with Crippen molar-refractivity contribution < 1.29 is 8.97 Å². The topological polar surface area (TPSA) is 0 Å². The van der Waals surface area contributed by atoms with Crippen molar-refractivity contribution in [1.82, 2.24) is 0 Å². The SMILES string of the molecule is CC(C)[N+]1(C)CCCCC1.CCCC[N+]1(C)CCCCC1. The summed E-state index contributed by atoms with van der Waals surface area (Å²) in [6.07, 6.45) is 11.5. The third kappa shape index (κ3) is 6.69. The van der Waals surface area contributed by atoms with Gasteiger partial charge in [-0.05, 0) is 58.8 Å².